The molecule has 0 saturated carbocycles. The van der Waals surface area contributed by atoms with Crippen molar-refractivity contribution < 1.29 is 0 Å². The molecule has 0 saturated heterocycles. The third-order valence-electron chi connectivity index (χ3n) is 2.85. The molecule has 2 heteroatoms. The second kappa shape index (κ2) is 3.87. The topological polar surface area (TPSA) is 38.9 Å². The Morgan fingerprint density at radius 1 is 1.19 bits per heavy atom. The van der Waals surface area contributed by atoms with Gasteiger partial charge < -0.3 is 5.73 Å². The molecule has 0 amide bonds. The van der Waals surface area contributed by atoms with Crippen molar-refractivity contribution in [2.75, 3.05) is 0 Å². The summed E-state index contributed by atoms with van der Waals surface area (Å²) in [6.45, 7) is 7.23. The van der Waals surface area contributed by atoms with Gasteiger partial charge in [-0.05, 0) is 28.7 Å². The van der Waals surface area contributed by atoms with Crippen molar-refractivity contribution >= 4 is 10.9 Å². The van der Waals surface area contributed by atoms with Gasteiger partial charge in [-0.15, -0.1) is 0 Å². The molecule has 2 rings (SSSR count). The Morgan fingerprint density at radius 2 is 1.94 bits per heavy atom. The number of nitrogens with two attached hydrogens (primary N) is 1. The van der Waals surface area contributed by atoms with Crippen molar-refractivity contribution in [2.24, 2.45) is 5.73 Å². The van der Waals surface area contributed by atoms with Crippen LogP contribution in [0.25, 0.3) is 10.9 Å². The first-order valence-corrected chi connectivity index (χ1v) is 5.60. The smallest absolute Gasteiger partial charge is 0.0708 e. The van der Waals surface area contributed by atoms with Crippen LogP contribution in [0.15, 0.2) is 30.5 Å². The lowest BCUT2D eigenvalue weighted by Crippen LogP contribution is -2.12. The highest BCUT2D eigenvalue weighted by Crippen LogP contribution is 2.29. The lowest BCUT2D eigenvalue weighted by atomic mass is 9.85. The van der Waals surface area contributed by atoms with Crippen molar-refractivity contribution in [1.82, 2.24) is 4.98 Å². The molecule has 1 heterocycles. The molecule has 0 aliphatic heterocycles. The normalized spacial score (nSPS) is 12.0. The minimum Gasteiger partial charge on any atom is -0.326 e. The van der Waals surface area contributed by atoms with E-state index in [-0.39, 0.29) is 5.41 Å². The second-order valence-corrected chi connectivity index (χ2v) is 5.16. The van der Waals surface area contributed by atoms with Crippen molar-refractivity contribution in [3.63, 3.8) is 0 Å². The quantitative estimate of drug-likeness (QED) is 0.792. The third kappa shape index (κ3) is 1.93. The van der Waals surface area contributed by atoms with Crippen LogP contribution in [0.5, 0.6) is 0 Å². The Bertz CT molecular complexity index is 510. The van der Waals surface area contributed by atoms with E-state index in [0.29, 0.717) is 6.54 Å². The van der Waals surface area contributed by atoms with Gasteiger partial charge in [0.2, 0.25) is 0 Å². The largest absolute Gasteiger partial charge is 0.326 e. The van der Waals surface area contributed by atoms with Crippen molar-refractivity contribution in [3.05, 3.63) is 41.6 Å². The highest BCUT2D eigenvalue weighted by molar-refractivity contribution is 5.83. The average molecular weight is 214 g/mol. The van der Waals surface area contributed by atoms with Gasteiger partial charge in [-0.2, -0.15) is 0 Å². The third-order valence-corrected chi connectivity index (χ3v) is 2.85. The van der Waals surface area contributed by atoms with Gasteiger partial charge in [0.1, 0.15) is 0 Å². The maximum atomic E-state index is 5.64. The molecule has 2 aromatic rings. The summed E-state index contributed by atoms with van der Waals surface area (Å²) in [5, 5.41) is 1.23. The fourth-order valence-electron chi connectivity index (χ4n) is 1.97. The Hall–Kier alpha value is -1.41. The molecule has 1 aromatic carbocycles. The molecule has 0 atom stereocenters. The number of hydrogen-bond acceptors (Lipinski definition) is 2. The van der Waals surface area contributed by atoms with Gasteiger partial charge in [0.15, 0.2) is 0 Å². The van der Waals surface area contributed by atoms with Crippen LogP contribution < -0.4 is 5.73 Å². The van der Waals surface area contributed by atoms with E-state index < -0.39 is 0 Å². The summed E-state index contributed by atoms with van der Waals surface area (Å²) >= 11 is 0. The fourth-order valence-corrected chi connectivity index (χ4v) is 1.97. The van der Waals surface area contributed by atoms with Crippen LogP contribution in [0.2, 0.25) is 0 Å². The van der Waals surface area contributed by atoms with Gasteiger partial charge in [-0.1, -0.05) is 32.9 Å². The lowest BCUT2D eigenvalue weighted by molar-refractivity contribution is 0.595. The maximum absolute atomic E-state index is 5.64. The van der Waals surface area contributed by atoms with Gasteiger partial charge in [-0.25, -0.2) is 0 Å². The van der Waals surface area contributed by atoms with Crippen LogP contribution >= 0.6 is 0 Å². The molecule has 1 aromatic heterocycles. The Morgan fingerprint density at radius 3 is 2.56 bits per heavy atom. The van der Waals surface area contributed by atoms with Crippen LogP contribution in [0.3, 0.4) is 0 Å². The molecule has 0 fully saturated rings. The molecule has 16 heavy (non-hydrogen) atoms. The minimum absolute atomic E-state index is 0.144. The average Bonchev–Trinajstić information content (AvgIpc) is 2.26. The van der Waals surface area contributed by atoms with Crippen LogP contribution in [-0.4, -0.2) is 4.98 Å². The molecule has 0 bridgehead atoms. The Balaban J connectivity index is 2.70. The van der Waals surface area contributed by atoms with Gasteiger partial charge >= 0.3 is 0 Å². The number of aromatic nitrogens is 1. The SMILES string of the molecule is CC(C)(C)c1ccnc2cc(CN)ccc12. The zero-order chi connectivity index (χ0) is 11.8. The van der Waals surface area contributed by atoms with Crippen LogP contribution in [-0.2, 0) is 12.0 Å². The fraction of sp³-hybridized carbons (Fsp3) is 0.357. The van der Waals surface area contributed by atoms with Gasteiger partial charge in [0.05, 0.1) is 5.52 Å². The predicted octanol–water partition coefficient (Wildman–Crippen LogP) is 2.99. The zero-order valence-corrected chi connectivity index (χ0v) is 10.1. The van der Waals surface area contributed by atoms with Crippen molar-refractivity contribution in [2.45, 2.75) is 32.7 Å². The van der Waals surface area contributed by atoms with Crippen LogP contribution in [0.1, 0.15) is 31.9 Å². The number of rotatable bonds is 1. The maximum Gasteiger partial charge on any atom is 0.0708 e. The summed E-state index contributed by atoms with van der Waals surface area (Å²) in [5.41, 5.74) is 9.28. The van der Waals surface area contributed by atoms with E-state index in [9.17, 15) is 0 Å². The number of pyridine rings is 1. The zero-order valence-electron chi connectivity index (χ0n) is 10.1. The highest BCUT2D eigenvalue weighted by Gasteiger charge is 2.16. The summed E-state index contributed by atoms with van der Waals surface area (Å²) < 4.78 is 0. The first kappa shape index (κ1) is 11.1. The monoisotopic (exact) mass is 214 g/mol. The van der Waals surface area contributed by atoms with E-state index in [1.807, 2.05) is 6.20 Å². The molecule has 0 aliphatic rings. The summed E-state index contributed by atoms with van der Waals surface area (Å²) in [7, 11) is 0. The second-order valence-electron chi connectivity index (χ2n) is 5.16. The van der Waals surface area contributed by atoms with E-state index in [4.69, 9.17) is 5.73 Å². The Kier molecular flexibility index (Phi) is 2.68. The molecular weight excluding hydrogens is 196 g/mol. The van der Waals surface area contributed by atoms with Crippen molar-refractivity contribution in [3.8, 4) is 0 Å². The summed E-state index contributed by atoms with van der Waals surface area (Å²) in [6, 6.07) is 8.39. The molecule has 0 unspecified atom stereocenters. The minimum atomic E-state index is 0.144. The first-order valence-electron chi connectivity index (χ1n) is 5.60. The summed E-state index contributed by atoms with van der Waals surface area (Å²) in [5.74, 6) is 0. The molecule has 84 valence electrons. The van der Waals surface area contributed by atoms with E-state index in [1.54, 1.807) is 0 Å². The van der Waals surface area contributed by atoms with Gasteiger partial charge in [0, 0.05) is 18.1 Å². The van der Waals surface area contributed by atoms with E-state index in [1.165, 1.54) is 10.9 Å². The lowest BCUT2D eigenvalue weighted by Gasteiger charge is -2.21. The number of benzene rings is 1. The Labute approximate surface area is 96.5 Å². The van der Waals surface area contributed by atoms with Crippen molar-refractivity contribution in [1.29, 1.82) is 0 Å². The molecule has 2 N–H and O–H groups in total. The van der Waals surface area contributed by atoms with E-state index in [0.717, 1.165) is 11.1 Å². The molecule has 0 radical (unpaired) electrons. The molecule has 0 spiro atoms. The van der Waals surface area contributed by atoms with Gasteiger partial charge in [0.25, 0.3) is 0 Å². The van der Waals surface area contributed by atoms with Crippen LogP contribution in [0, 0.1) is 0 Å². The molecule has 0 aliphatic carbocycles. The molecule has 2 nitrogen and oxygen atoms in total. The van der Waals surface area contributed by atoms with Crippen LogP contribution in [0.4, 0.5) is 0 Å². The standard InChI is InChI=1S/C14H18N2/c1-14(2,3)12-6-7-16-13-8-10(9-15)4-5-11(12)13/h4-8H,9,15H2,1-3H3. The predicted molar refractivity (Wildman–Crippen MR) is 68.3 cm³/mol. The highest BCUT2D eigenvalue weighted by atomic mass is 14.7. The first-order chi connectivity index (χ1) is 7.52. The molecular formula is C14H18N2. The van der Waals surface area contributed by atoms with E-state index in [2.05, 4.69) is 50.0 Å². The van der Waals surface area contributed by atoms with Gasteiger partial charge in [-0.3, -0.25) is 4.98 Å². The van der Waals surface area contributed by atoms with E-state index >= 15 is 0 Å². The summed E-state index contributed by atoms with van der Waals surface area (Å²) in [6.07, 6.45) is 1.88. The number of hydrogen-bond donors (Lipinski definition) is 1. The number of fused-ring (bicyclic) bond motifs is 1. The number of nitrogens with zero attached hydrogens (tertiary/aromatic N) is 1. The summed E-state index contributed by atoms with van der Waals surface area (Å²) in [4.78, 5) is 4.41.